The molecule has 1 aromatic rings. The first-order valence-corrected chi connectivity index (χ1v) is 4.12. The van der Waals surface area contributed by atoms with Gasteiger partial charge in [0.15, 0.2) is 0 Å². The quantitative estimate of drug-likeness (QED) is 0.461. The van der Waals surface area contributed by atoms with Crippen LogP contribution in [0, 0.1) is 0 Å². The van der Waals surface area contributed by atoms with Crippen LogP contribution in [0.2, 0.25) is 0 Å². The topological polar surface area (TPSA) is 52.0 Å². The van der Waals surface area contributed by atoms with Crippen LogP contribution in [0.3, 0.4) is 0 Å². The molecule has 1 rings (SSSR count). The minimum atomic E-state index is 0.713. The third kappa shape index (κ3) is 2.05. The molecular formula is C8H12N2S. The highest BCUT2D eigenvalue weighted by Gasteiger charge is 1.96. The Bertz CT molecular complexity index is 248. The molecule has 0 spiro atoms. The molecule has 2 nitrogen and oxygen atoms in total. The highest BCUT2D eigenvalue weighted by atomic mass is 32.1. The summed E-state index contributed by atoms with van der Waals surface area (Å²) in [5.74, 6) is 0.814. The van der Waals surface area contributed by atoms with E-state index in [0.717, 1.165) is 23.4 Å². The lowest BCUT2D eigenvalue weighted by Crippen LogP contribution is -1.96. The van der Waals surface area contributed by atoms with Crippen molar-refractivity contribution in [3.8, 4) is 0 Å². The molecule has 0 atom stereocenters. The maximum absolute atomic E-state index is 5.69. The fourth-order valence-electron chi connectivity index (χ4n) is 0.962. The fourth-order valence-corrected chi connectivity index (χ4v) is 1.20. The summed E-state index contributed by atoms with van der Waals surface area (Å²) in [5.41, 5.74) is 13.8. The molecule has 0 amide bonds. The van der Waals surface area contributed by atoms with Crippen LogP contribution in [0.25, 0.3) is 0 Å². The van der Waals surface area contributed by atoms with Crippen molar-refractivity contribution in [2.75, 3.05) is 17.2 Å². The monoisotopic (exact) mass is 168 g/mol. The van der Waals surface area contributed by atoms with E-state index in [4.69, 9.17) is 11.5 Å². The predicted octanol–water partition coefficient (Wildman–Crippen LogP) is 1.32. The van der Waals surface area contributed by atoms with Crippen LogP contribution in [-0.2, 0) is 6.42 Å². The Morgan fingerprint density at radius 1 is 1.27 bits per heavy atom. The second-order valence-corrected chi connectivity index (χ2v) is 2.88. The van der Waals surface area contributed by atoms with Gasteiger partial charge in [0.05, 0.1) is 0 Å². The molecule has 0 fully saturated rings. The zero-order valence-corrected chi connectivity index (χ0v) is 7.14. The maximum Gasteiger partial charge on any atom is 0.0367 e. The van der Waals surface area contributed by atoms with Gasteiger partial charge >= 0.3 is 0 Å². The van der Waals surface area contributed by atoms with Crippen molar-refractivity contribution in [1.29, 1.82) is 0 Å². The van der Waals surface area contributed by atoms with E-state index >= 15 is 0 Å². The number of hydrogen-bond donors (Lipinski definition) is 3. The minimum absolute atomic E-state index is 0.713. The van der Waals surface area contributed by atoms with E-state index in [-0.39, 0.29) is 0 Å². The first kappa shape index (κ1) is 8.27. The number of nitrogens with two attached hydrogens (primary N) is 2. The van der Waals surface area contributed by atoms with Gasteiger partial charge in [0.25, 0.3) is 0 Å². The fraction of sp³-hybridized carbons (Fsp3) is 0.250. The van der Waals surface area contributed by atoms with Crippen LogP contribution in [0.1, 0.15) is 5.56 Å². The SMILES string of the molecule is Nc1ccc(CCS)c(N)c1. The Morgan fingerprint density at radius 3 is 2.55 bits per heavy atom. The van der Waals surface area contributed by atoms with Crippen LogP contribution in [0.5, 0.6) is 0 Å². The third-order valence-electron chi connectivity index (χ3n) is 1.55. The molecule has 11 heavy (non-hydrogen) atoms. The van der Waals surface area contributed by atoms with Gasteiger partial charge in [0.1, 0.15) is 0 Å². The largest absolute Gasteiger partial charge is 0.399 e. The lowest BCUT2D eigenvalue weighted by Gasteiger charge is -2.03. The molecule has 0 bridgehead atoms. The van der Waals surface area contributed by atoms with Gasteiger partial charge in [-0.2, -0.15) is 12.6 Å². The van der Waals surface area contributed by atoms with Crippen molar-refractivity contribution in [2.24, 2.45) is 0 Å². The summed E-state index contributed by atoms with van der Waals surface area (Å²) in [6.07, 6.45) is 0.898. The Morgan fingerprint density at radius 2 is 2.00 bits per heavy atom. The summed E-state index contributed by atoms with van der Waals surface area (Å²) in [4.78, 5) is 0. The van der Waals surface area contributed by atoms with E-state index in [2.05, 4.69) is 12.6 Å². The van der Waals surface area contributed by atoms with E-state index in [1.807, 2.05) is 12.1 Å². The highest BCUT2D eigenvalue weighted by molar-refractivity contribution is 7.80. The smallest absolute Gasteiger partial charge is 0.0367 e. The van der Waals surface area contributed by atoms with Crippen molar-refractivity contribution >= 4 is 24.0 Å². The number of hydrogen-bond acceptors (Lipinski definition) is 3. The van der Waals surface area contributed by atoms with Crippen LogP contribution in [0.4, 0.5) is 11.4 Å². The molecule has 1 aromatic carbocycles. The summed E-state index contributed by atoms with van der Waals surface area (Å²) in [6.45, 7) is 0. The summed E-state index contributed by atoms with van der Waals surface area (Å²) in [6, 6.07) is 5.58. The number of nitrogen functional groups attached to an aromatic ring is 2. The normalized spacial score (nSPS) is 9.91. The van der Waals surface area contributed by atoms with E-state index in [1.54, 1.807) is 6.07 Å². The van der Waals surface area contributed by atoms with Gasteiger partial charge in [0, 0.05) is 11.4 Å². The zero-order chi connectivity index (χ0) is 8.27. The van der Waals surface area contributed by atoms with Crippen LogP contribution < -0.4 is 11.5 Å². The molecule has 60 valence electrons. The average molecular weight is 168 g/mol. The molecular weight excluding hydrogens is 156 g/mol. The molecule has 0 aromatic heterocycles. The average Bonchev–Trinajstić information content (AvgIpc) is 1.95. The lowest BCUT2D eigenvalue weighted by molar-refractivity contribution is 1.17. The Kier molecular flexibility index (Phi) is 2.65. The molecule has 3 heteroatoms. The van der Waals surface area contributed by atoms with E-state index in [9.17, 15) is 0 Å². The predicted molar refractivity (Wildman–Crippen MR) is 52.8 cm³/mol. The maximum atomic E-state index is 5.69. The lowest BCUT2D eigenvalue weighted by atomic mass is 10.1. The Labute approximate surface area is 72.0 Å². The van der Waals surface area contributed by atoms with Crippen molar-refractivity contribution in [3.05, 3.63) is 23.8 Å². The van der Waals surface area contributed by atoms with Gasteiger partial charge in [-0.3, -0.25) is 0 Å². The van der Waals surface area contributed by atoms with Gasteiger partial charge < -0.3 is 11.5 Å². The van der Waals surface area contributed by atoms with Crippen molar-refractivity contribution < 1.29 is 0 Å². The summed E-state index contributed by atoms with van der Waals surface area (Å²) in [5, 5.41) is 0. The second kappa shape index (κ2) is 3.53. The molecule has 0 radical (unpaired) electrons. The van der Waals surface area contributed by atoms with Crippen molar-refractivity contribution in [3.63, 3.8) is 0 Å². The first-order chi connectivity index (χ1) is 5.24. The summed E-state index contributed by atoms with van der Waals surface area (Å²) < 4.78 is 0. The van der Waals surface area contributed by atoms with E-state index in [0.29, 0.717) is 5.69 Å². The molecule has 0 aliphatic carbocycles. The minimum Gasteiger partial charge on any atom is -0.399 e. The third-order valence-corrected chi connectivity index (χ3v) is 1.77. The number of rotatable bonds is 2. The number of benzene rings is 1. The van der Waals surface area contributed by atoms with E-state index in [1.165, 1.54) is 0 Å². The highest BCUT2D eigenvalue weighted by Crippen LogP contribution is 2.16. The zero-order valence-electron chi connectivity index (χ0n) is 6.25. The molecule has 4 N–H and O–H groups in total. The van der Waals surface area contributed by atoms with Crippen LogP contribution in [-0.4, -0.2) is 5.75 Å². The van der Waals surface area contributed by atoms with Gasteiger partial charge in [-0.1, -0.05) is 6.07 Å². The molecule has 0 unspecified atom stereocenters. The van der Waals surface area contributed by atoms with Gasteiger partial charge in [-0.25, -0.2) is 0 Å². The van der Waals surface area contributed by atoms with Crippen LogP contribution in [0.15, 0.2) is 18.2 Å². The molecule has 0 saturated carbocycles. The number of aryl methyl sites for hydroxylation is 1. The summed E-state index contributed by atoms with van der Waals surface area (Å²) >= 11 is 4.12. The van der Waals surface area contributed by atoms with Gasteiger partial charge in [-0.15, -0.1) is 0 Å². The Balaban J connectivity index is 2.90. The summed E-state index contributed by atoms with van der Waals surface area (Å²) in [7, 11) is 0. The first-order valence-electron chi connectivity index (χ1n) is 3.49. The van der Waals surface area contributed by atoms with Gasteiger partial charge in [-0.05, 0) is 29.9 Å². The van der Waals surface area contributed by atoms with E-state index < -0.39 is 0 Å². The number of anilines is 2. The Hall–Kier alpha value is -0.830. The standard InChI is InChI=1S/C8H12N2S/c9-7-2-1-6(3-4-11)8(10)5-7/h1-2,5,11H,3-4,9-10H2. The van der Waals surface area contributed by atoms with Crippen molar-refractivity contribution in [1.82, 2.24) is 0 Å². The molecule has 0 aliphatic rings. The molecule has 0 heterocycles. The number of thiol groups is 1. The molecule has 0 saturated heterocycles. The van der Waals surface area contributed by atoms with Gasteiger partial charge in [0.2, 0.25) is 0 Å². The molecule has 0 aliphatic heterocycles. The second-order valence-electron chi connectivity index (χ2n) is 2.43. The van der Waals surface area contributed by atoms with Crippen LogP contribution >= 0.6 is 12.6 Å². The van der Waals surface area contributed by atoms with Crippen molar-refractivity contribution in [2.45, 2.75) is 6.42 Å².